The quantitative estimate of drug-likeness (QED) is 0.453. The molecule has 2 aliphatic heterocycles. The zero-order chi connectivity index (χ0) is 23.7. The second kappa shape index (κ2) is 9.19. The average molecular weight is 455 g/mol. The van der Waals surface area contributed by atoms with Crippen LogP contribution in [0.2, 0.25) is 0 Å². The molecule has 2 aromatic carbocycles. The van der Waals surface area contributed by atoms with Gasteiger partial charge in [0.2, 0.25) is 5.91 Å². The van der Waals surface area contributed by atoms with Gasteiger partial charge in [0.05, 0.1) is 17.0 Å². The summed E-state index contributed by atoms with van der Waals surface area (Å²) in [6.07, 6.45) is 6.60. The fraction of sp³-hybridized carbons (Fsp3) is 0.259. The van der Waals surface area contributed by atoms with Gasteiger partial charge in [-0.15, -0.1) is 0 Å². The lowest BCUT2D eigenvalue weighted by atomic mass is 10.0. The first kappa shape index (κ1) is 22.0. The van der Waals surface area contributed by atoms with Crippen LogP contribution in [0.5, 0.6) is 0 Å². The van der Waals surface area contributed by atoms with Gasteiger partial charge in [0.15, 0.2) is 0 Å². The minimum Gasteiger partial charge on any atom is -0.326 e. The lowest BCUT2D eigenvalue weighted by Crippen LogP contribution is -2.45. The van der Waals surface area contributed by atoms with Crippen molar-refractivity contribution in [1.29, 1.82) is 0 Å². The molecule has 0 saturated carbocycles. The van der Waals surface area contributed by atoms with Crippen LogP contribution in [0, 0.1) is 5.92 Å². The summed E-state index contributed by atoms with van der Waals surface area (Å²) < 4.78 is 0. The molecule has 0 saturated heterocycles. The number of carbonyl (C=O) groups is 3. The highest BCUT2D eigenvalue weighted by molar-refractivity contribution is 6.21. The average Bonchev–Trinajstić information content (AvgIpc) is 3.09. The zero-order valence-electron chi connectivity index (χ0n) is 19.0. The summed E-state index contributed by atoms with van der Waals surface area (Å²) in [5.41, 5.74) is 2.80. The largest absolute Gasteiger partial charge is 0.326 e. The van der Waals surface area contributed by atoms with E-state index in [0.717, 1.165) is 30.3 Å². The first-order valence-corrected chi connectivity index (χ1v) is 11.5. The van der Waals surface area contributed by atoms with Gasteiger partial charge in [-0.2, -0.15) is 0 Å². The predicted molar refractivity (Wildman–Crippen MR) is 130 cm³/mol. The SMILES string of the molecule is CC1=CCN(CC(CN2C(=O)c3ccccc3C2=O)C(=O)Nc2ccc3cnccc3c2)CC1. The summed E-state index contributed by atoms with van der Waals surface area (Å²) in [5, 5.41) is 4.96. The van der Waals surface area contributed by atoms with Gasteiger partial charge < -0.3 is 5.32 Å². The maximum Gasteiger partial charge on any atom is 0.261 e. The smallest absolute Gasteiger partial charge is 0.261 e. The van der Waals surface area contributed by atoms with Crippen LogP contribution in [0.25, 0.3) is 10.8 Å². The first-order chi connectivity index (χ1) is 16.5. The van der Waals surface area contributed by atoms with Crippen LogP contribution in [0.15, 0.2) is 72.6 Å². The molecule has 1 unspecified atom stereocenters. The zero-order valence-corrected chi connectivity index (χ0v) is 19.0. The predicted octanol–water partition coefficient (Wildman–Crippen LogP) is 3.74. The van der Waals surface area contributed by atoms with Crippen molar-refractivity contribution in [2.45, 2.75) is 13.3 Å². The fourth-order valence-corrected chi connectivity index (χ4v) is 4.54. The molecule has 172 valence electrons. The first-order valence-electron chi connectivity index (χ1n) is 11.5. The van der Waals surface area contributed by atoms with Gasteiger partial charge in [-0.1, -0.05) is 29.8 Å². The molecule has 3 heterocycles. The van der Waals surface area contributed by atoms with E-state index in [2.05, 4.69) is 28.2 Å². The molecule has 34 heavy (non-hydrogen) atoms. The third-order valence-corrected chi connectivity index (χ3v) is 6.56. The molecule has 0 bridgehead atoms. The maximum absolute atomic E-state index is 13.4. The minimum atomic E-state index is -0.567. The highest BCUT2D eigenvalue weighted by atomic mass is 16.2. The summed E-state index contributed by atoms with van der Waals surface area (Å²) >= 11 is 0. The number of benzene rings is 2. The number of carbonyl (C=O) groups excluding carboxylic acids is 3. The van der Waals surface area contributed by atoms with Gasteiger partial charge in [0, 0.05) is 49.6 Å². The van der Waals surface area contributed by atoms with E-state index in [1.807, 2.05) is 24.3 Å². The van der Waals surface area contributed by atoms with Crippen molar-refractivity contribution in [1.82, 2.24) is 14.8 Å². The molecule has 0 radical (unpaired) electrons. The maximum atomic E-state index is 13.4. The molecule has 0 aliphatic carbocycles. The second-order valence-corrected chi connectivity index (χ2v) is 8.95. The molecule has 0 fully saturated rings. The molecule has 7 heteroatoms. The van der Waals surface area contributed by atoms with Crippen LogP contribution in [0.4, 0.5) is 5.69 Å². The van der Waals surface area contributed by atoms with E-state index in [-0.39, 0.29) is 24.3 Å². The van der Waals surface area contributed by atoms with Crippen molar-refractivity contribution in [2.75, 3.05) is 31.5 Å². The number of fused-ring (bicyclic) bond motifs is 2. The molecule has 1 atom stereocenters. The normalized spacial score (nSPS) is 17.0. The number of hydrogen-bond acceptors (Lipinski definition) is 5. The lowest BCUT2D eigenvalue weighted by molar-refractivity contribution is -0.120. The summed E-state index contributed by atoms with van der Waals surface area (Å²) in [5.74, 6) is -1.46. The minimum absolute atomic E-state index is 0.0366. The second-order valence-electron chi connectivity index (χ2n) is 8.95. The molecule has 2 aliphatic rings. The molecular weight excluding hydrogens is 428 g/mol. The Bertz CT molecular complexity index is 1280. The Morgan fingerprint density at radius 3 is 2.50 bits per heavy atom. The number of rotatable bonds is 6. The van der Waals surface area contributed by atoms with Gasteiger partial charge in [-0.3, -0.25) is 29.2 Å². The van der Waals surface area contributed by atoms with E-state index in [1.165, 1.54) is 10.5 Å². The molecule has 3 amide bonds. The molecule has 3 aromatic rings. The summed E-state index contributed by atoms with van der Waals surface area (Å²) in [4.78, 5) is 46.9. The molecule has 1 aromatic heterocycles. The molecule has 7 nitrogen and oxygen atoms in total. The van der Waals surface area contributed by atoms with Gasteiger partial charge in [0.1, 0.15) is 0 Å². The topological polar surface area (TPSA) is 82.6 Å². The van der Waals surface area contributed by atoms with E-state index >= 15 is 0 Å². The van der Waals surface area contributed by atoms with E-state index in [0.29, 0.717) is 23.4 Å². The summed E-state index contributed by atoms with van der Waals surface area (Å²) in [7, 11) is 0. The Hall–Kier alpha value is -3.84. The summed E-state index contributed by atoms with van der Waals surface area (Å²) in [6.45, 7) is 4.20. The number of amides is 3. The molecule has 0 spiro atoms. The number of hydrogen-bond donors (Lipinski definition) is 1. The van der Waals surface area contributed by atoms with E-state index in [4.69, 9.17) is 0 Å². The van der Waals surface area contributed by atoms with E-state index < -0.39 is 5.92 Å². The van der Waals surface area contributed by atoms with Crippen LogP contribution < -0.4 is 5.32 Å². The van der Waals surface area contributed by atoms with Crippen LogP contribution in [-0.2, 0) is 4.79 Å². The van der Waals surface area contributed by atoms with Crippen molar-refractivity contribution in [2.24, 2.45) is 5.92 Å². The molecular formula is C27H26N4O3. The van der Waals surface area contributed by atoms with Crippen molar-refractivity contribution in [3.63, 3.8) is 0 Å². The van der Waals surface area contributed by atoms with Crippen molar-refractivity contribution < 1.29 is 14.4 Å². The number of pyridine rings is 1. The number of nitrogens with one attached hydrogen (secondary N) is 1. The van der Waals surface area contributed by atoms with Crippen LogP contribution in [-0.4, -0.2) is 58.7 Å². The Morgan fingerprint density at radius 1 is 1.03 bits per heavy atom. The van der Waals surface area contributed by atoms with Crippen molar-refractivity contribution in [3.05, 3.63) is 83.7 Å². The molecule has 1 N–H and O–H groups in total. The summed E-state index contributed by atoms with van der Waals surface area (Å²) in [6, 6.07) is 14.4. The van der Waals surface area contributed by atoms with Gasteiger partial charge in [0.25, 0.3) is 11.8 Å². The number of anilines is 1. The standard InChI is InChI=1S/C27H26N4O3/c1-18-9-12-30(13-10-18)16-21(17-31-26(33)23-4-2-3-5-24(23)27(31)34)25(32)29-22-7-6-20-15-28-11-8-19(20)14-22/h2-9,11,14-15,21H,10,12-13,16-17H2,1H3,(H,29,32). The highest BCUT2D eigenvalue weighted by Gasteiger charge is 2.38. The monoisotopic (exact) mass is 454 g/mol. The fourth-order valence-electron chi connectivity index (χ4n) is 4.54. The van der Waals surface area contributed by atoms with Crippen LogP contribution in [0.1, 0.15) is 34.1 Å². The van der Waals surface area contributed by atoms with Gasteiger partial charge in [-0.25, -0.2) is 0 Å². The Kier molecular flexibility index (Phi) is 5.94. The third-order valence-electron chi connectivity index (χ3n) is 6.56. The highest BCUT2D eigenvalue weighted by Crippen LogP contribution is 2.25. The Balaban J connectivity index is 1.38. The van der Waals surface area contributed by atoms with Crippen LogP contribution >= 0.6 is 0 Å². The van der Waals surface area contributed by atoms with Crippen molar-refractivity contribution in [3.8, 4) is 0 Å². The Labute approximate surface area is 198 Å². The third kappa shape index (κ3) is 4.34. The van der Waals surface area contributed by atoms with E-state index in [9.17, 15) is 14.4 Å². The van der Waals surface area contributed by atoms with Crippen molar-refractivity contribution >= 4 is 34.2 Å². The van der Waals surface area contributed by atoms with E-state index in [1.54, 1.807) is 36.7 Å². The van der Waals surface area contributed by atoms with Gasteiger partial charge in [-0.05, 0) is 49.1 Å². The molecule has 5 rings (SSSR count). The number of imide groups is 1. The number of nitrogens with zero attached hydrogens (tertiary/aromatic N) is 3. The van der Waals surface area contributed by atoms with Crippen LogP contribution in [0.3, 0.4) is 0 Å². The number of aromatic nitrogens is 1. The lowest BCUT2D eigenvalue weighted by Gasteiger charge is -2.30. The Morgan fingerprint density at radius 2 is 1.79 bits per heavy atom. The van der Waals surface area contributed by atoms with Gasteiger partial charge >= 0.3 is 0 Å².